The summed E-state index contributed by atoms with van der Waals surface area (Å²) in [6.45, 7) is 3.26. The lowest BCUT2D eigenvalue weighted by molar-refractivity contribution is -0.137. The van der Waals surface area contributed by atoms with Gasteiger partial charge in [0, 0.05) is 18.7 Å². The first-order valence-corrected chi connectivity index (χ1v) is 8.17. The number of nitrogens with zero attached hydrogens (tertiary/aromatic N) is 3. The molecule has 1 aromatic carbocycles. The topological polar surface area (TPSA) is 76.8 Å². The van der Waals surface area contributed by atoms with Crippen LogP contribution in [0.25, 0.3) is 11.0 Å². The molecule has 0 atom stereocenters. The maximum Gasteiger partial charge on any atom is 0.305 e. The fourth-order valence-electron chi connectivity index (χ4n) is 3.22. The Morgan fingerprint density at radius 3 is 2.50 bits per heavy atom. The largest absolute Gasteiger partial charge is 0.493 e. The normalized spacial score (nSPS) is 15.1. The van der Waals surface area contributed by atoms with E-state index in [1.54, 1.807) is 14.2 Å². The SMILES string of the molecule is COc1cc2nc(CN3CCCC3)n(CCC(=O)O)c2cc1OC. The predicted molar refractivity (Wildman–Crippen MR) is 89.6 cm³/mol. The van der Waals surface area contributed by atoms with E-state index in [0.717, 1.165) is 36.5 Å². The molecule has 0 aliphatic carbocycles. The van der Waals surface area contributed by atoms with Crippen LogP contribution in [0.1, 0.15) is 25.1 Å². The number of rotatable bonds is 7. The summed E-state index contributed by atoms with van der Waals surface area (Å²) in [4.78, 5) is 18.1. The first-order valence-electron chi connectivity index (χ1n) is 8.17. The second kappa shape index (κ2) is 7.09. The number of aryl methyl sites for hydroxylation is 1. The Balaban J connectivity index is 2.02. The van der Waals surface area contributed by atoms with E-state index in [4.69, 9.17) is 19.6 Å². The Bertz CT molecular complexity index is 735. The van der Waals surface area contributed by atoms with Crippen molar-refractivity contribution in [2.45, 2.75) is 32.4 Å². The summed E-state index contributed by atoms with van der Waals surface area (Å²) in [5.41, 5.74) is 1.68. The third-order valence-electron chi connectivity index (χ3n) is 4.45. The van der Waals surface area contributed by atoms with Crippen LogP contribution in [-0.2, 0) is 17.9 Å². The maximum absolute atomic E-state index is 11.0. The average Bonchev–Trinajstić information content (AvgIpc) is 3.19. The molecule has 1 aromatic heterocycles. The van der Waals surface area contributed by atoms with Crippen LogP contribution in [0, 0.1) is 0 Å². The van der Waals surface area contributed by atoms with Crippen LogP contribution in [0.15, 0.2) is 12.1 Å². The Kier molecular flexibility index (Phi) is 4.89. The molecule has 1 aliphatic heterocycles. The number of aliphatic carboxylic acids is 1. The number of carboxylic acid groups (broad SMARTS) is 1. The summed E-state index contributed by atoms with van der Waals surface area (Å²) < 4.78 is 12.7. The molecule has 1 saturated heterocycles. The van der Waals surface area contributed by atoms with Gasteiger partial charge in [-0.25, -0.2) is 4.98 Å². The van der Waals surface area contributed by atoms with Gasteiger partial charge in [-0.1, -0.05) is 0 Å². The van der Waals surface area contributed by atoms with Crippen LogP contribution < -0.4 is 9.47 Å². The molecule has 0 radical (unpaired) electrons. The molecule has 2 heterocycles. The number of methoxy groups -OCH3 is 2. The first-order chi connectivity index (χ1) is 11.6. The minimum Gasteiger partial charge on any atom is -0.493 e. The number of hydrogen-bond donors (Lipinski definition) is 1. The molecule has 0 bridgehead atoms. The van der Waals surface area contributed by atoms with Gasteiger partial charge in [-0.15, -0.1) is 0 Å². The fraction of sp³-hybridized carbons (Fsp3) is 0.529. The molecular weight excluding hydrogens is 310 g/mol. The molecule has 1 aliphatic rings. The Morgan fingerprint density at radius 2 is 1.88 bits per heavy atom. The van der Waals surface area contributed by atoms with Gasteiger partial charge in [0.2, 0.25) is 0 Å². The summed E-state index contributed by atoms with van der Waals surface area (Å²) in [6.07, 6.45) is 2.47. The van der Waals surface area contributed by atoms with Crippen LogP contribution in [-0.4, -0.2) is 52.8 Å². The van der Waals surface area contributed by atoms with Gasteiger partial charge >= 0.3 is 5.97 Å². The molecule has 7 heteroatoms. The van der Waals surface area contributed by atoms with Crippen molar-refractivity contribution in [2.75, 3.05) is 27.3 Å². The van der Waals surface area contributed by atoms with E-state index >= 15 is 0 Å². The van der Waals surface area contributed by atoms with Crippen molar-refractivity contribution in [1.29, 1.82) is 0 Å². The van der Waals surface area contributed by atoms with Crippen molar-refractivity contribution in [3.63, 3.8) is 0 Å². The quantitative estimate of drug-likeness (QED) is 0.836. The fourth-order valence-corrected chi connectivity index (χ4v) is 3.22. The lowest BCUT2D eigenvalue weighted by Crippen LogP contribution is -2.21. The highest BCUT2D eigenvalue weighted by molar-refractivity contribution is 5.81. The number of aromatic nitrogens is 2. The van der Waals surface area contributed by atoms with Gasteiger partial charge in [0.1, 0.15) is 5.82 Å². The molecule has 2 aromatic rings. The molecular formula is C17H23N3O4. The summed E-state index contributed by atoms with van der Waals surface area (Å²) in [6, 6.07) is 3.72. The summed E-state index contributed by atoms with van der Waals surface area (Å²) in [5, 5.41) is 9.05. The van der Waals surface area contributed by atoms with Gasteiger partial charge in [0.25, 0.3) is 0 Å². The highest BCUT2D eigenvalue weighted by Crippen LogP contribution is 2.33. The van der Waals surface area contributed by atoms with E-state index in [2.05, 4.69) is 4.90 Å². The van der Waals surface area contributed by atoms with Crippen LogP contribution in [0.5, 0.6) is 11.5 Å². The number of benzene rings is 1. The standard InChI is InChI=1S/C17H23N3O4/c1-23-14-9-12-13(10-15(14)24-2)20(8-5-17(21)22)16(18-12)11-19-6-3-4-7-19/h9-10H,3-8,11H2,1-2H3,(H,21,22). The number of hydrogen-bond acceptors (Lipinski definition) is 5. The number of likely N-dealkylation sites (tertiary alicyclic amines) is 1. The van der Waals surface area contributed by atoms with Crippen LogP contribution >= 0.6 is 0 Å². The van der Waals surface area contributed by atoms with Crippen LogP contribution in [0.4, 0.5) is 0 Å². The minimum atomic E-state index is -0.815. The second-order valence-electron chi connectivity index (χ2n) is 6.00. The predicted octanol–water partition coefficient (Wildman–Crippen LogP) is 2.12. The van der Waals surface area contributed by atoms with Crippen molar-refractivity contribution >= 4 is 17.0 Å². The third-order valence-corrected chi connectivity index (χ3v) is 4.45. The number of fused-ring (bicyclic) bond motifs is 1. The van der Waals surface area contributed by atoms with Crippen molar-refractivity contribution in [1.82, 2.24) is 14.5 Å². The molecule has 0 amide bonds. The number of ether oxygens (including phenoxy) is 2. The van der Waals surface area contributed by atoms with Crippen molar-refractivity contribution in [3.8, 4) is 11.5 Å². The second-order valence-corrected chi connectivity index (χ2v) is 6.00. The average molecular weight is 333 g/mol. The van der Waals surface area contributed by atoms with Gasteiger partial charge in [0.05, 0.1) is 38.2 Å². The monoisotopic (exact) mass is 333 g/mol. The summed E-state index contributed by atoms with van der Waals surface area (Å²) >= 11 is 0. The van der Waals surface area contributed by atoms with E-state index < -0.39 is 5.97 Å². The zero-order valence-corrected chi connectivity index (χ0v) is 14.1. The summed E-state index contributed by atoms with van der Waals surface area (Å²) in [7, 11) is 3.18. The molecule has 130 valence electrons. The first kappa shape index (κ1) is 16.6. The highest BCUT2D eigenvalue weighted by Gasteiger charge is 2.19. The van der Waals surface area contributed by atoms with Crippen molar-refractivity contribution in [3.05, 3.63) is 18.0 Å². The third kappa shape index (κ3) is 3.31. The van der Waals surface area contributed by atoms with Crippen LogP contribution in [0.2, 0.25) is 0 Å². The van der Waals surface area contributed by atoms with Gasteiger partial charge < -0.3 is 19.1 Å². The van der Waals surface area contributed by atoms with E-state index in [0.29, 0.717) is 18.0 Å². The van der Waals surface area contributed by atoms with Gasteiger partial charge in [0.15, 0.2) is 11.5 Å². The zero-order chi connectivity index (χ0) is 17.1. The zero-order valence-electron chi connectivity index (χ0n) is 14.1. The smallest absolute Gasteiger partial charge is 0.305 e. The maximum atomic E-state index is 11.0. The van der Waals surface area contributed by atoms with Crippen molar-refractivity contribution < 1.29 is 19.4 Å². The van der Waals surface area contributed by atoms with Gasteiger partial charge in [-0.3, -0.25) is 9.69 Å². The number of imidazole rings is 1. The lowest BCUT2D eigenvalue weighted by atomic mass is 10.2. The van der Waals surface area contributed by atoms with E-state index in [1.165, 1.54) is 12.8 Å². The molecule has 7 nitrogen and oxygen atoms in total. The van der Waals surface area contributed by atoms with Crippen molar-refractivity contribution in [2.24, 2.45) is 0 Å². The summed E-state index contributed by atoms with van der Waals surface area (Å²) in [5.74, 6) is 1.32. The Labute approximate surface area is 140 Å². The van der Waals surface area contributed by atoms with Crippen LogP contribution in [0.3, 0.4) is 0 Å². The minimum absolute atomic E-state index is 0.0623. The molecule has 0 unspecified atom stereocenters. The van der Waals surface area contributed by atoms with E-state index in [9.17, 15) is 4.79 Å². The molecule has 0 spiro atoms. The molecule has 1 fully saturated rings. The van der Waals surface area contributed by atoms with E-state index in [1.807, 2.05) is 16.7 Å². The Morgan fingerprint density at radius 1 is 1.21 bits per heavy atom. The van der Waals surface area contributed by atoms with E-state index in [-0.39, 0.29) is 6.42 Å². The lowest BCUT2D eigenvalue weighted by Gasteiger charge is -2.15. The molecule has 0 saturated carbocycles. The molecule has 3 rings (SSSR count). The molecule has 24 heavy (non-hydrogen) atoms. The van der Waals surface area contributed by atoms with Gasteiger partial charge in [-0.2, -0.15) is 0 Å². The Hall–Kier alpha value is -2.28. The molecule has 1 N–H and O–H groups in total. The number of carbonyl (C=O) groups is 1. The highest BCUT2D eigenvalue weighted by atomic mass is 16.5. The van der Waals surface area contributed by atoms with Gasteiger partial charge in [-0.05, 0) is 25.9 Å². The number of carboxylic acids is 1.